The molecule has 1 aliphatic heterocycles. The zero-order valence-corrected chi connectivity index (χ0v) is 12.4. The summed E-state index contributed by atoms with van der Waals surface area (Å²) in [6.07, 6.45) is 4.44. The Hall–Kier alpha value is -1.86. The Morgan fingerprint density at radius 2 is 2.29 bits per heavy atom. The van der Waals surface area contributed by atoms with Crippen molar-refractivity contribution in [1.82, 2.24) is 9.88 Å². The molecule has 1 aromatic heterocycles. The van der Waals surface area contributed by atoms with E-state index in [1.807, 2.05) is 6.92 Å². The highest BCUT2D eigenvalue weighted by molar-refractivity contribution is 7.89. The third-order valence-electron chi connectivity index (χ3n) is 3.37. The molecule has 1 N–H and O–H groups in total. The normalized spacial score (nSPS) is 17.5. The second kappa shape index (κ2) is 5.50. The third-order valence-corrected chi connectivity index (χ3v) is 4.83. The number of rotatable bonds is 5. The van der Waals surface area contributed by atoms with Gasteiger partial charge in [-0.2, -0.15) is 0 Å². The lowest BCUT2D eigenvalue weighted by Gasteiger charge is -2.07. The van der Waals surface area contributed by atoms with Gasteiger partial charge in [0, 0.05) is 18.5 Å². The molecule has 0 fully saturated rings. The number of benzene rings is 1. The second-order valence-electron chi connectivity index (χ2n) is 5.08. The van der Waals surface area contributed by atoms with E-state index in [1.165, 1.54) is 6.26 Å². The Morgan fingerprint density at radius 1 is 1.43 bits per heavy atom. The van der Waals surface area contributed by atoms with Crippen LogP contribution in [0.3, 0.4) is 0 Å². The number of nitrogens with one attached hydrogen (secondary N) is 1. The molecule has 0 bridgehead atoms. The minimum Gasteiger partial charge on any atom is -0.490 e. The first kappa shape index (κ1) is 14.1. The zero-order chi connectivity index (χ0) is 14.9. The maximum Gasteiger partial charge on any atom is 0.240 e. The van der Waals surface area contributed by atoms with Crippen molar-refractivity contribution in [3.05, 3.63) is 41.8 Å². The summed E-state index contributed by atoms with van der Waals surface area (Å²) in [4.78, 5) is 0.268. The molecule has 1 aromatic carbocycles. The van der Waals surface area contributed by atoms with Gasteiger partial charge in [-0.3, -0.25) is 0 Å². The van der Waals surface area contributed by atoms with E-state index in [9.17, 15) is 8.42 Å². The fraction of sp³-hybridized carbons (Fsp3) is 0.357. The molecule has 0 spiro atoms. The minimum absolute atomic E-state index is 0.0968. The van der Waals surface area contributed by atoms with Crippen molar-refractivity contribution in [1.29, 1.82) is 0 Å². The summed E-state index contributed by atoms with van der Waals surface area (Å²) in [7, 11) is -3.51. The predicted molar refractivity (Wildman–Crippen MR) is 75.6 cm³/mol. The zero-order valence-electron chi connectivity index (χ0n) is 11.6. The first-order chi connectivity index (χ1) is 10.0. The average molecular weight is 308 g/mol. The van der Waals surface area contributed by atoms with Crippen molar-refractivity contribution < 1.29 is 17.7 Å². The van der Waals surface area contributed by atoms with E-state index in [2.05, 4.69) is 9.88 Å². The SMILES string of the molecule is CC1Cc2cc(S(=O)(=O)NCCc3cnoc3)ccc2O1. The van der Waals surface area contributed by atoms with Gasteiger partial charge in [-0.25, -0.2) is 13.1 Å². The fourth-order valence-corrected chi connectivity index (χ4v) is 3.41. The van der Waals surface area contributed by atoms with Gasteiger partial charge in [-0.05, 0) is 37.1 Å². The summed E-state index contributed by atoms with van der Waals surface area (Å²) in [5.74, 6) is 0.769. The van der Waals surface area contributed by atoms with Crippen LogP contribution in [0.2, 0.25) is 0 Å². The van der Waals surface area contributed by atoms with Crippen molar-refractivity contribution in [3.63, 3.8) is 0 Å². The van der Waals surface area contributed by atoms with Crippen LogP contribution in [-0.4, -0.2) is 26.2 Å². The van der Waals surface area contributed by atoms with Crippen molar-refractivity contribution in [2.24, 2.45) is 0 Å². The first-order valence-electron chi connectivity index (χ1n) is 6.72. The van der Waals surface area contributed by atoms with E-state index in [-0.39, 0.29) is 11.0 Å². The quantitative estimate of drug-likeness (QED) is 0.905. The van der Waals surface area contributed by atoms with Gasteiger partial charge < -0.3 is 9.26 Å². The molecule has 1 aliphatic rings. The summed E-state index contributed by atoms with van der Waals surface area (Å²) in [5.41, 5.74) is 1.79. The highest BCUT2D eigenvalue weighted by atomic mass is 32.2. The molecule has 0 saturated heterocycles. The van der Waals surface area contributed by atoms with E-state index in [4.69, 9.17) is 9.26 Å². The lowest BCUT2D eigenvalue weighted by Crippen LogP contribution is -2.26. The van der Waals surface area contributed by atoms with E-state index in [1.54, 1.807) is 24.4 Å². The molecule has 1 unspecified atom stereocenters. The number of aromatic nitrogens is 1. The lowest BCUT2D eigenvalue weighted by molar-refractivity contribution is 0.254. The van der Waals surface area contributed by atoms with E-state index < -0.39 is 10.0 Å². The highest BCUT2D eigenvalue weighted by Crippen LogP contribution is 2.30. The summed E-state index contributed by atoms with van der Waals surface area (Å²) < 4.78 is 37.4. The van der Waals surface area contributed by atoms with Crippen molar-refractivity contribution in [3.8, 4) is 5.75 Å². The summed E-state index contributed by atoms with van der Waals surface area (Å²) >= 11 is 0. The molecule has 0 saturated carbocycles. The van der Waals surface area contributed by atoms with Crippen molar-refractivity contribution in [2.45, 2.75) is 30.8 Å². The Bertz CT molecular complexity index is 725. The van der Waals surface area contributed by atoms with Gasteiger partial charge in [0.25, 0.3) is 0 Å². The maximum absolute atomic E-state index is 12.3. The molecule has 0 aliphatic carbocycles. The standard InChI is InChI=1S/C14H16N2O4S/c1-10-6-12-7-13(2-3-14(12)20-10)21(17,18)16-5-4-11-8-15-19-9-11/h2-3,7-10,16H,4-6H2,1H3. The molecule has 1 atom stereocenters. The number of ether oxygens (including phenoxy) is 1. The van der Waals surface area contributed by atoms with Crippen molar-refractivity contribution in [2.75, 3.05) is 6.54 Å². The smallest absolute Gasteiger partial charge is 0.240 e. The molecule has 6 nitrogen and oxygen atoms in total. The maximum atomic E-state index is 12.3. The van der Waals surface area contributed by atoms with Gasteiger partial charge in [-0.1, -0.05) is 5.16 Å². The van der Waals surface area contributed by atoms with E-state index in [0.717, 1.165) is 23.3 Å². The molecule has 7 heteroatoms. The van der Waals surface area contributed by atoms with Crippen LogP contribution in [0.25, 0.3) is 0 Å². The molecule has 2 heterocycles. The number of hydrogen-bond donors (Lipinski definition) is 1. The van der Waals surface area contributed by atoms with E-state index >= 15 is 0 Å². The number of nitrogens with zero attached hydrogens (tertiary/aromatic N) is 1. The highest BCUT2D eigenvalue weighted by Gasteiger charge is 2.22. The van der Waals surface area contributed by atoms with Crippen LogP contribution in [0.1, 0.15) is 18.1 Å². The summed E-state index contributed by atoms with van der Waals surface area (Å²) in [5, 5.41) is 3.58. The Kier molecular flexibility index (Phi) is 3.69. The average Bonchev–Trinajstić information content (AvgIpc) is 3.05. The molecular formula is C14H16N2O4S. The monoisotopic (exact) mass is 308 g/mol. The fourth-order valence-electron chi connectivity index (χ4n) is 2.33. The van der Waals surface area contributed by atoms with Crippen LogP contribution in [-0.2, 0) is 22.9 Å². The molecular weight excluding hydrogens is 292 g/mol. The number of fused-ring (bicyclic) bond motifs is 1. The Balaban J connectivity index is 1.69. The molecule has 0 radical (unpaired) electrons. The number of sulfonamides is 1. The Labute approximate surface area is 123 Å². The van der Waals surface area contributed by atoms with Gasteiger partial charge in [0.15, 0.2) is 0 Å². The molecule has 21 heavy (non-hydrogen) atoms. The molecule has 2 aromatic rings. The van der Waals surface area contributed by atoms with Gasteiger partial charge in [0.1, 0.15) is 18.1 Å². The molecule has 3 rings (SSSR count). The van der Waals surface area contributed by atoms with Crippen LogP contribution >= 0.6 is 0 Å². The van der Waals surface area contributed by atoms with Gasteiger partial charge >= 0.3 is 0 Å². The van der Waals surface area contributed by atoms with Gasteiger partial charge in [-0.15, -0.1) is 0 Å². The van der Waals surface area contributed by atoms with Crippen molar-refractivity contribution >= 4 is 10.0 Å². The Morgan fingerprint density at radius 3 is 3.05 bits per heavy atom. The minimum atomic E-state index is -3.51. The largest absolute Gasteiger partial charge is 0.490 e. The van der Waals surface area contributed by atoms with Crippen LogP contribution in [0.15, 0.2) is 40.1 Å². The van der Waals surface area contributed by atoms with Gasteiger partial charge in [0.2, 0.25) is 10.0 Å². The van der Waals surface area contributed by atoms with Crippen LogP contribution in [0, 0.1) is 0 Å². The predicted octanol–water partition coefficient (Wildman–Crippen LogP) is 1.52. The van der Waals surface area contributed by atoms with Crippen LogP contribution in [0.4, 0.5) is 0 Å². The molecule has 0 amide bonds. The first-order valence-corrected chi connectivity index (χ1v) is 8.20. The topological polar surface area (TPSA) is 81.4 Å². The number of hydrogen-bond acceptors (Lipinski definition) is 5. The van der Waals surface area contributed by atoms with E-state index in [0.29, 0.717) is 13.0 Å². The molecule has 112 valence electrons. The lowest BCUT2D eigenvalue weighted by atomic mass is 10.1. The third kappa shape index (κ3) is 3.08. The van der Waals surface area contributed by atoms with Crippen LogP contribution < -0.4 is 9.46 Å². The second-order valence-corrected chi connectivity index (χ2v) is 6.85. The van der Waals surface area contributed by atoms with Crippen LogP contribution in [0.5, 0.6) is 5.75 Å². The summed E-state index contributed by atoms with van der Waals surface area (Å²) in [6, 6.07) is 4.96. The van der Waals surface area contributed by atoms with Gasteiger partial charge in [0.05, 0.1) is 11.1 Å². The summed E-state index contributed by atoms with van der Waals surface area (Å²) in [6.45, 7) is 2.26.